The number of hydrogen-bond acceptors (Lipinski definition) is 5. The number of pyridine rings is 1. The van der Waals surface area contributed by atoms with Crippen molar-refractivity contribution in [1.29, 1.82) is 0 Å². The molecule has 0 aliphatic heterocycles. The number of anilines is 1. The van der Waals surface area contributed by atoms with Crippen LogP contribution in [-0.4, -0.2) is 21.7 Å². The monoisotopic (exact) mass is 346 g/mol. The van der Waals surface area contributed by atoms with Crippen LogP contribution < -0.4 is 5.32 Å². The van der Waals surface area contributed by atoms with E-state index in [0.29, 0.717) is 23.0 Å². The second-order valence-electron chi connectivity index (χ2n) is 7.50. The highest BCUT2D eigenvalue weighted by molar-refractivity contribution is 5.68. The average molecular weight is 346 g/mol. The van der Waals surface area contributed by atoms with Gasteiger partial charge in [0.2, 0.25) is 0 Å². The lowest BCUT2D eigenvalue weighted by molar-refractivity contribution is 0.425. The van der Waals surface area contributed by atoms with Crippen molar-refractivity contribution in [1.82, 2.24) is 15.1 Å². The van der Waals surface area contributed by atoms with E-state index in [9.17, 15) is 0 Å². The van der Waals surface area contributed by atoms with Crippen molar-refractivity contribution in [3.05, 3.63) is 59.5 Å². The van der Waals surface area contributed by atoms with E-state index in [1.807, 2.05) is 19.1 Å². The Bertz CT molecular complexity index is 950. The van der Waals surface area contributed by atoms with Crippen LogP contribution in [0.4, 0.5) is 5.82 Å². The van der Waals surface area contributed by atoms with E-state index in [0.717, 1.165) is 17.9 Å². The van der Waals surface area contributed by atoms with E-state index in [2.05, 4.69) is 44.7 Å². The highest BCUT2D eigenvalue weighted by Gasteiger charge is 2.56. The first-order chi connectivity index (χ1) is 12.8. The zero-order valence-electron chi connectivity index (χ0n) is 14.9. The third kappa shape index (κ3) is 2.50. The second kappa shape index (κ2) is 5.94. The Morgan fingerprint density at radius 1 is 1.23 bits per heavy atom. The molecular formula is C21H22N4O. The van der Waals surface area contributed by atoms with E-state index in [-0.39, 0.29) is 0 Å². The van der Waals surface area contributed by atoms with E-state index in [1.165, 1.54) is 25.7 Å². The molecule has 2 heterocycles. The van der Waals surface area contributed by atoms with Gasteiger partial charge in [0.1, 0.15) is 5.82 Å². The summed E-state index contributed by atoms with van der Waals surface area (Å²) in [5.74, 6) is 2.63. The van der Waals surface area contributed by atoms with Gasteiger partial charge in [0.05, 0.1) is 5.56 Å². The number of aromatic nitrogens is 3. The van der Waals surface area contributed by atoms with Crippen molar-refractivity contribution in [2.75, 3.05) is 11.9 Å². The molecule has 132 valence electrons. The third-order valence-electron chi connectivity index (χ3n) is 5.94. The third-order valence-corrected chi connectivity index (χ3v) is 5.94. The molecule has 1 spiro atoms. The highest BCUT2D eigenvalue weighted by atomic mass is 16.5. The zero-order valence-corrected chi connectivity index (χ0v) is 14.9. The summed E-state index contributed by atoms with van der Waals surface area (Å²) < 4.78 is 5.33. The number of hydrogen-bond donors (Lipinski definition) is 1. The van der Waals surface area contributed by atoms with Gasteiger partial charge in [-0.25, -0.2) is 4.98 Å². The lowest BCUT2D eigenvalue weighted by Crippen LogP contribution is -2.21. The molecule has 0 saturated heterocycles. The summed E-state index contributed by atoms with van der Waals surface area (Å²) in [5.41, 5.74) is 4.36. The highest BCUT2D eigenvalue weighted by Crippen LogP contribution is 2.60. The maximum absolute atomic E-state index is 5.33. The smallest absolute Gasteiger partial charge is 0.261 e. The Morgan fingerprint density at radius 3 is 3.04 bits per heavy atom. The molecule has 3 aromatic rings. The zero-order chi connectivity index (χ0) is 17.6. The number of fused-ring (bicyclic) bond motifs is 2. The van der Waals surface area contributed by atoms with Crippen LogP contribution in [-0.2, 0) is 11.8 Å². The molecule has 5 rings (SSSR count). The van der Waals surface area contributed by atoms with Gasteiger partial charge in [-0.1, -0.05) is 29.4 Å². The first-order valence-electron chi connectivity index (χ1n) is 9.34. The van der Waals surface area contributed by atoms with Gasteiger partial charge in [0, 0.05) is 18.2 Å². The van der Waals surface area contributed by atoms with Crippen molar-refractivity contribution in [2.45, 2.75) is 38.0 Å². The van der Waals surface area contributed by atoms with Crippen LogP contribution in [0.5, 0.6) is 0 Å². The molecule has 26 heavy (non-hydrogen) atoms. The summed E-state index contributed by atoms with van der Waals surface area (Å²) in [6, 6.07) is 12.9. The minimum atomic E-state index is 0.373. The Morgan fingerprint density at radius 2 is 2.15 bits per heavy atom. The molecule has 2 unspecified atom stereocenters. The number of rotatable bonds is 4. The first-order valence-corrected chi connectivity index (χ1v) is 9.34. The summed E-state index contributed by atoms with van der Waals surface area (Å²) >= 11 is 0. The lowest BCUT2D eigenvalue weighted by atomic mass is 9.78. The molecule has 1 fully saturated rings. The van der Waals surface area contributed by atoms with Crippen LogP contribution in [0.2, 0.25) is 0 Å². The molecule has 0 amide bonds. The normalized spacial score (nSPS) is 23.7. The fourth-order valence-electron chi connectivity index (χ4n) is 4.58. The molecule has 2 aliphatic carbocycles. The molecule has 1 aromatic carbocycles. The molecule has 2 atom stereocenters. The van der Waals surface area contributed by atoms with Crippen LogP contribution in [0.3, 0.4) is 0 Å². The molecule has 1 saturated carbocycles. The topological polar surface area (TPSA) is 63.8 Å². The van der Waals surface area contributed by atoms with Crippen molar-refractivity contribution in [2.24, 2.45) is 5.92 Å². The SMILES string of the molecule is Cc1noc(-c2cccnc2NCC2CC23CCCc2ccccc23)n1. The Labute approximate surface area is 152 Å². The molecule has 2 aliphatic rings. The van der Waals surface area contributed by atoms with Gasteiger partial charge < -0.3 is 9.84 Å². The predicted octanol–water partition coefficient (Wildman–Crippen LogP) is 4.15. The van der Waals surface area contributed by atoms with E-state index >= 15 is 0 Å². The van der Waals surface area contributed by atoms with Crippen molar-refractivity contribution in [3.63, 3.8) is 0 Å². The largest absolute Gasteiger partial charge is 0.369 e. The van der Waals surface area contributed by atoms with Gasteiger partial charge in [0.15, 0.2) is 5.82 Å². The van der Waals surface area contributed by atoms with Gasteiger partial charge in [-0.2, -0.15) is 4.98 Å². The quantitative estimate of drug-likeness (QED) is 0.769. The van der Waals surface area contributed by atoms with Crippen LogP contribution in [0.25, 0.3) is 11.5 Å². The Balaban J connectivity index is 1.35. The minimum Gasteiger partial charge on any atom is -0.369 e. The molecule has 5 nitrogen and oxygen atoms in total. The first kappa shape index (κ1) is 15.6. The number of nitrogens with one attached hydrogen (secondary N) is 1. The Kier molecular flexibility index (Phi) is 3.55. The van der Waals surface area contributed by atoms with Crippen molar-refractivity contribution < 1.29 is 4.52 Å². The van der Waals surface area contributed by atoms with Crippen molar-refractivity contribution in [3.8, 4) is 11.5 Å². The summed E-state index contributed by atoms with van der Waals surface area (Å²) in [6.45, 7) is 2.75. The van der Waals surface area contributed by atoms with E-state index in [4.69, 9.17) is 4.52 Å². The molecule has 0 radical (unpaired) electrons. The maximum atomic E-state index is 5.33. The number of nitrogens with zero attached hydrogens (tertiary/aromatic N) is 3. The van der Waals surface area contributed by atoms with E-state index < -0.39 is 0 Å². The molecule has 2 aromatic heterocycles. The van der Waals surface area contributed by atoms with Crippen LogP contribution in [0.1, 0.15) is 36.2 Å². The summed E-state index contributed by atoms with van der Waals surface area (Å²) in [4.78, 5) is 8.84. The van der Waals surface area contributed by atoms with Gasteiger partial charge >= 0.3 is 0 Å². The van der Waals surface area contributed by atoms with Crippen molar-refractivity contribution >= 4 is 5.82 Å². The van der Waals surface area contributed by atoms with Crippen LogP contribution in [0, 0.1) is 12.8 Å². The predicted molar refractivity (Wildman–Crippen MR) is 99.9 cm³/mol. The van der Waals surface area contributed by atoms with Gasteiger partial charge in [-0.05, 0) is 61.8 Å². The minimum absolute atomic E-state index is 0.373. The summed E-state index contributed by atoms with van der Waals surface area (Å²) in [7, 11) is 0. The lowest BCUT2D eigenvalue weighted by Gasteiger charge is -2.27. The molecule has 5 heteroatoms. The van der Waals surface area contributed by atoms with E-state index in [1.54, 1.807) is 17.3 Å². The Hall–Kier alpha value is -2.69. The summed E-state index contributed by atoms with van der Waals surface area (Å²) in [5, 5.41) is 7.44. The van der Waals surface area contributed by atoms with Gasteiger partial charge in [-0.15, -0.1) is 0 Å². The van der Waals surface area contributed by atoms with Gasteiger partial charge in [0.25, 0.3) is 5.89 Å². The average Bonchev–Trinajstić information content (AvgIpc) is 3.18. The van der Waals surface area contributed by atoms with Gasteiger partial charge in [-0.3, -0.25) is 0 Å². The molecule has 0 bridgehead atoms. The maximum Gasteiger partial charge on any atom is 0.261 e. The molecule has 1 N–H and O–H groups in total. The summed E-state index contributed by atoms with van der Waals surface area (Å²) in [6.07, 6.45) is 6.88. The fraction of sp³-hybridized carbons (Fsp3) is 0.381. The van der Waals surface area contributed by atoms with Crippen LogP contribution >= 0.6 is 0 Å². The number of aryl methyl sites for hydroxylation is 2. The standard InChI is InChI=1S/C21H22N4O/c1-14-24-20(26-25-14)17-8-5-11-22-19(17)23-13-16-12-21(16)10-4-7-15-6-2-3-9-18(15)21/h2-3,5-6,8-9,11,16H,4,7,10,12-13H2,1H3,(H,22,23). The molecular weight excluding hydrogens is 324 g/mol. The second-order valence-corrected chi connectivity index (χ2v) is 7.50. The fourth-order valence-corrected chi connectivity index (χ4v) is 4.58. The van der Waals surface area contributed by atoms with Crippen LogP contribution in [0.15, 0.2) is 47.1 Å². The number of benzene rings is 1.